The fourth-order valence-electron chi connectivity index (χ4n) is 1.70. The summed E-state index contributed by atoms with van der Waals surface area (Å²) < 4.78 is 5.07. The number of nitro groups is 1. The average molecular weight is 284 g/mol. The maximum Gasteiger partial charge on any atom is 0.273 e. The molecule has 0 unspecified atom stereocenters. The molecule has 106 valence electrons. The number of nitrogens with one attached hydrogen (secondary N) is 1. The molecule has 0 radical (unpaired) electrons. The highest BCUT2D eigenvalue weighted by atomic mass is 32.2. The van der Waals surface area contributed by atoms with Gasteiger partial charge in [-0.25, -0.2) is 0 Å². The minimum Gasteiger partial charge on any atom is -0.496 e. The van der Waals surface area contributed by atoms with Crippen molar-refractivity contribution in [2.24, 2.45) is 0 Å². The van der Waals surface area contributed by atoms with Crippen LogP contribution in [0.2, 0.25) is 0 Å². The number of non-ortho nitro benzene ring substituents is 1. The number of methoxy groups -OCH3 is 1. The number of nitrogens with zero attached hydrogens (tertiary/aromatic N) is 1. The van der Waals surface area contributed by atoms with Gasteiger partial charge in [-0.05, 0) is 43.0 Å². The van der Waals surface area contributed by atoms with E-state index in [4.69, 9.17) is 4.74 Å². The van der Waals surface area contributed by atoms with Crippen molar-refractivity contribution in [2.45, 2.75) is 19.4 Å². The summed E-state index contributed by atoms with van der Waals surface area (Å²) in [4.78, 5) is 10.4. The molecule has 6 heteroatoms. The Morgan fingerprint density at radius 1 is 1.37 bits per heavy atom. The van der Waals surface area contributed by atoms with Crippen molar-refractivity contribution in [3.8, 4) is 5.75 Å². The van der Waals surface area contributed by atoms with E-state index in [9.17, 15) is 10.1 Å². The van der Waals surface area contributed by atoms with Gasteiger partial charge in [0.15, 0.2) is 0 Å². The number of unbranched alkanes of at least 4 members (excludes halogenated alkanes) is 1. The third-order valence-corrected chi connectivity index (χ3v) is 3.38. The van der Waals surface area contributed by atoms with Crippen molar-refractivity contribution in [1.29, 1.82) is 0 Å². The Balaban J connectivity index is 2.48. The molecule has 0 spiro atoms. The van der Waals surface area contributed by atoms with Crippen molar-refractivity contribution in [3.63, 3.8) is 0 Å². The summed E-state index contributed by atoms with van der Waals surface area (Å²) in [6.07, 6.45) is 4.40. The molecule has 1 aromatic carbocycles. The third kappa shape index (κ3) is 5.94. The van der Waals surface area contributed by atoms with Crippen molar-refractivity contribution in [3.05, 3.63) is 33.9 Å². The number of rotatable bonds is 9. The van der Waals surface area contributed by atoms with Crippen LogP contribution >= 0.6 is 11.8 Å². The molecule has 0 amide bonds. The smallest absolute Gasteiger partial charge is 0.273 e. The van der Waals surface area contributed by atoms with E-state index in [1.807, 2.05) is 17.8 Å². The Labute approximate surface area is 117 Å². The van der Waals surface area contributed by atoms with Gasteiger partial charge in [0.2, 0.25) is 0 Å². The number of benzene rings is 1. The molecule has 0 aliphatic carbocycles. The van der Waals surface area contributed by atoms with Gasteiger partial charge < -0.3 is 10.1 Å². The van der Waals surface area contributed by atoms with Crippen LogP contribution in [0, 0.1) is 10.1 Å². The Hall–Kier alpha value is -1.27. The minimum absolute atomic E-state index is 0.0681. The number of hydrogen-bond acceptors (Lipinski definition) is 5. The first kappa shape index (κ1) is 15.8. The van der Waals surface area contributed by atoms with E-state index in [0.717, 1.165) is 18.5 Å². The summed E-state index contributed by atoms with van der Waals surface area (Å²) in [7, 11) is 1.51. The molecule has 1 rings (SSSR count). The van der Waals surface area contributed by atoms with Crippen molar-refractivity contribution < 1.29 is 9.66 Å². The summed E-state index contributed by atoms with van der Waals surface area (Å²) >= 11 is 1.85. The lowest BCUT2D eigenvalue weighted by Gasteiger charge is -2.07. The summed E-state index contributed by atoms with van der Waals surface area (Å²) in [5, 5.41) is 14.1. The van der Waals surface area contributed by atoms with Gasteiger partial charge in [-0.2, -0.15) is 11.8 Å². The molecule has 19 heavy (non-hydrogen) atoms. The molecule has 1 aromatic rings. The van der Waals surface area contributed by atoms with E-state index < -0.39 is 4.92 Å². The molecule has 0 saturated carbocycles. The highest BCUT2D eigenvalue weighted by Crippen LogP contribution is 2.22. The van der Waals surface area contributed by atoms with Crippen LogP contribution in [0.15, 0.2) is 18.2 Å². The van der Waals surface area contributed by atoms with Gasteiger partial charge in [0.25, 0.3) is 5.69 Å². The number of nitro benzene ring substituents is 1. The van der Waals surface area contributed by atoms with Crippen LogP contribution in [0.3, 0.4) is 0 Å². The molecule has 0 fully saturated rings. The molecular formula is C13H20N2O3S. The lowest BCUT2D eigenvalue weighted by molar-refractivity contribution is -0.385. The van der Waals surface area contributed by atoms with Crippen LogP contribution in [0.4, 0.5) is 5.69 Å². The van der Waals surface area contributed by atoms with Crippen molar-refractivity contribution in [2.75, 3.05) is 25.7 Å². The molecule has 0 aliphatic rings. The summed E-state index contributed by atoms with van der Waals surface area (Å²) in [6, 6.07) is 4.83. The monoisotopic (exact) mass is 284 g/mol. The predicted octanol–water partition coefficient (Wildman–Crippen LogP) is 2.84. The number of thioether (sulfide) groups is 1. The summed E-state index contributed by atoms with van der Waals surface area (Å²) in [6.45, 7) is 1.54. The first-order chi connectivity index (χ1) is 9.17. The number of hydrogen-bond donors (Lipinski definition) is 1. The lowest BCUT2D eigenvalue weighted by atomic mass is 10.2. The Bertz CT molecular complexity index is 413. The zero-order valence-corrected chi connectivity index (χ0v) is 12.2. The molecule has 0 atom stereocenters. The molecule has 5 nitrogen and oxygen atoms in total. The highest BCUT2D eigenvalue weighted by Gasteiger charge is 2.09. The van der Waals surface area contributed by atoms with E-state index in [2.05, 4.69) is 11.6 Å². The Morgan fingerprint density at radius 3 is 2.79 bits per heavy atom. The third-order valence-electron chi connectivity index (χ3n) is 2.68. The molecule has 0 bridgehead atoms. The molecule has 0 saturated heterocycles. The number of ether oxygens (including phenoxy) is 1. The maximum absolute atomic E-state index is 10.8. The van der Waals surface area contributed by atoms with E-state index >= 15 is 0 Å². The maximum atomic E-state index is 10.8. The van der Waals surface area contributed by atoms with Crippen molar-refractivity contribution >= 4 is 17.4 Å². The second kappa shape index (κ2) is 8.77. The first-order valence-corrected chi connectivity index (χ1v) is 7.58. The predicted molar refractivity (Wildman–Crippen MR) is 79.0 cm³/mol. The fourth-order valence-corrected chi connectivity index (χ4v) is 2.19. The molecule has 0 aliphatic heterocycles. The van der Waals surface area contributed by atoms with Crippen LogP contribution in [0.1, 0.15) is 18.4 Å². The van der Waals surface area contributed by atoms with Crippen LogP contribution in [-0.2, 0) is 6.54 Å². The van der Waals surface area contributed by atoms with Gasteiger partial charge in [0.05, 0.1) is 18.1 Å². The zero-order chi connectivity index (χ0) is 14.1. The normalized spacial score (nSPS) is 10.4. The molecule has 1 N–H and O–H groups in total. The van der Waals surface area contributed by atoms with Crippen LogP contribution in [-0.4, -0.2) is 30.6 Å². The van der Waals surface area contributed by atoms with Crippen LogP contribution < -0.4 is 10.1 Å². The van der Waals surface area contributed by atoms with E-state index in [1.54, 1.807) is 6.07 Å². The molecule has 0 heterocycles. The SMILES string of the molecule is COc1cc(CNCCCCSC)cc([N+](=O)[O-])c1. The zero-order valence-electron chi connectivity index (χ0n) is 11.3. The lowest BCUT2D eigenvalue weighted by Crippen LogP contribution is -2.15. The second-order valence-corrected chi connectivity index (χ2v) is 5.16. The van der Waals surface area contributed by atoms with Gasteiger partial charge in [-0.3, -0.25) is 10.1 Å². The quantitative estimate of drug-likeness (QED) is 0.429. The van der Waals surface area contributed by atoms with Gasteiger partial charge in [0, 0.05) is 12.6 Å². The van der Waals surface area contributed by atoms with Gasteiger partial charge in [0.1, 0.15) is 5.75 Å². The molecular weight excluding hydrogens is 264 g/mol. The highest BCUT2D eigenvalue weighted by molar-refractivity contribution is 7.98. The largest absolute Gasteiger partial charge is 0.496 e. The van der Waals surface area contributed by atoms with E-state index in [1.165, 1.54) is 25.3 Å². The standard InChI is InChI=1S/C13H20N2O3S/c1-18-13-8-11(7-12(9-13)15(16)17)10-14-5-3-4-6-19-2/h7-9,14H,3-6,10H2,1-2H3. The second-order valence-electron chi connectivity index (χ2n) is 4.17. The van der Waals surface area contributed by atoms with Gasteiger partial charge in [-0.1, -0.05) is 0 Å². The van der Waals surface area contributed by atoms with Crippen LogP contribution in [0.25, 0.3) is 0 Å². The fraction of sp³-hybridized carbons (Fsp3) is 0.538. The Kier molecular flexibility index (Phi) is 7.28. The minimum atomic E-state index is -0.398. The Morgan fingerprint density at radius 2 is 2.16 bits per heavy atom. The topological polar surface area (TPSA) is 64.4 Å². The first-order valence-electron chi connectivity index (χ1n) is 6.19. The van der Waals surface area contributed by atoms with E-state index in [0.29, 0.717) is 12.3 Å². The summed E-state index contributed by atoms with van der Waals surface area (Å²) in [5.74, 6) is 1.69. The summed E-state index contributed by atoms with van der Waals surface area (Å²) in [5.41, 5.74) is 0.939. The average Bonchev–Trinajstić information content (AvgIpc) is 2.42. The molecule has 0 aromatic heterocycles. The van der Waals surface area contributed by atoms with Crippen LogP contribution in [0.5, 0.6) is 5.75 Å². The van der Waals surface area contributed by atoms with Gasteiger partial charge >= 0.3 is 0 Å². The van der Waals surface area contributed by atoms with Crippen molar-refractivity contribution in [1.82, 2.24) is 5.32 Å². The van der Waals surface area contributed by atoms with E-state index in [-0.39, 0.29) is 5.69 Å². The van der Waals surface area contributed by atoms with Gasteiger partial charge in [-0.15, -0.1) is 0 Å².